The molecule has 0 atom stereocenters. The van der Waals surface area contributed by atoms with E-state index in [2.05, 4.69) is 25.7 Å². The zero-order valence-electron chi connectivity index (χ0n) is 7.89. The molecule has 0 saturated heterocycles. The molecule has 94 valence electrons. The Morgan fingerprint density at radius 2 is 2.18 bits per heavy atom. The van der Waals surface area contributed by atoms with Crippen LogP contribution >= 0.6 is 38.5 Å². The number of aromatic carboxylic acids is 1. The number of carboxylic acid groups (broad SMARTS) is 1. The van der Waals surface area contributed by atoms with Crippen LogP contribution in [0, 0.1) is 3.70 Å². The number of halogens is 5. The smallest absolute Gasteiger partial charge is 0.477 e. The fourth-order valence-corrected chi connectivity index (χ4v) is 2.05. The van der Waals surface area contributed by atoms with Crippen molar-refractivity contribution in [2.24, 2.45) is 0 Å². The largest absolute Gasteiger partial charge is 0.573 e. The highest BCUT2D eigenvalue weighted by atomic mass is 127. The number of aromatic nitrogens is 1. The van der Waals surface area contributed by atoms with Crippen molar-refractivity contribution in [3.63, 3.8) is 0 Å². The first kappa shape index (κ1) is 14.5. The summed E-state index contributed by atoms with van der Waals surface area (Å²) in [5.41, 5.74) is -0.622. The first-order chi connectivity index (χ1) is 7.74. The molecule has 0 aromatic carbocycles. The Morgan fingerprint density at radius 3 is 2.59 bits per heavy atom. The van der Waals surface area contributed by atoms with Crippen molar-refractivity contribution in [3.8, 4) is 5.75 Å². The van der Waals surface area contributed by atoms with Crippen LogP contribution in [0.1, 0.15) is 16.1 Å². The van der Waals surface area contributed by atoms with E-state index in [0.29, 0.717) is 0 Å². The Kier molecular flexibility index (Phi) is 4.58. The number of pyridine rings is 1. The van der Waals surface area contributed by atoms with E-state index in [-0.39, 0.29) is 14.7 Å². The van der Waals surface area contributed by atoms with E-state index in [1.807, 2.05) is 0 Å². The predicted molar refractivity (Wildman–Crippen MR) is 63.2 cm³/mol. The molecule has 0 aliphatic rings. The van der Waals surface area contributed by atoms with Gasteiger partial charge >= 0.3 is 12.3 Å². The molecule has 0 aliphatic carbocycles. The van der Waals surface area contributed by atoms with Gasteiger partial charge in [0.25, 0.3) is 0 Å². The van der Waals surface area contributed by atoms with Crippen molar-refractivity contribution < 1.29 is 27.8 Å². The number of hydrogen-bond acceptors (Lipinski definition) is 3. The van der Waals surface area contributed by atoms with Crippen LogP contribution in [0.2, 0.25) is 0 Å². The summed E-state index contributed by atoms with van der Waals surface area (Å²) in [6.45, 7) is 0. The minimum atomic E-state index is -4.95. The lowest BCUT2D eigenvalue weighted by Crippen LogP contribution is -2.20. The predicted octanol–water partition coefficient (Wildman–Crippen LogP) is 3.18. The SMILES string of the molecule is O=C(O)c1c(OC(F)(F)F)cc(I)nc1CBr. The third-order valence-electron chi connectivity index (χ3n) is 1.59. The van der Waals surface area contributed by atoms with Crippen molar-refractivity contribution in [2.45, 2.75) is 11.7 Å². The normalized spacial score (nSPS) is 11.4. The van der Waals surface area contributed by atoms with Crippen molar-refractivity contribution >= 4 is 44.5 Å². The van der Waals surface area contributed by atoms with Gasteiger partial charge in [-0.3, -0.25) is 0 Å². The third-order valence-corrected chi connectivity index (χ3v) is 2.68. The molecule has 1 aromatic rings. The summed E-state index contributed by atoms with van der Waals surface area (Å²) < 4.78 is 40.2. The first-order valence-electron chi connectivity index (χ1n) is 3.99. The summed E-state index contributed by atoms with van der Waals surface area (Å²) in [6.07, 6.45) is -4.95. The molecule has 0 spiro atoms. The summed E-state index contributed by atoms with van der Waals surface area (Å²) in [7, 11) is 0. The van der Waals surface area contributed by atoms with Crippen molar-refractivity contribution in [3.05, 3.63) is 21.0 Å². The van der Waals surface area contributed by atoms with E-state index in [9.17, 15) is 18.0 Å². The minimum absolute atomic E-state index is 0.0136. The summed E-state index contributed by atoms with van der Waals surface area (Å²) in [5.74, 6) is -2.29. The molecular weight excluding hydrogens is 422 g/mol. The van der Waals surface area contributed by atoms with Crippen molar-refractivity contribution in [1.82, 2.24) is 4.98 Å². The zero-order valence-corrected chi connectivity index (χ0v) is 11.6. The van der Waals surface area contributed by atoms with E-state index in [0.717, 1.165) is 6.07 Å². The lowest BCUT2D eigenvalue weighted by molar-refractivity contribution is -0.274. The molecule has 0 fully saturated rings. The highest BCUT2D eigenvalue weighted by Crippen LogP contribution is 2.30. The highest BCUT2D eigenvalue weighted by Gasteiger charge is 2.34. The minimum Gasteiger partial charge on any atom is -0.477 e. The van der Waals surface area contributed by atoms with Gasteiger partial charge in [-0.15, -0.1) is 13.2 Å². The zero-order chi connectivity index (χ0) is 13.2. The van der Waals surface area contributed by atoms with Gasteiger partial charge in [0.05, 0.1) is 5.69 Å². The van der Waals surface area contributed by atoms with Gasteiger partial charge in [0.15, 0.2) is 0 Å². The van der Waals surface area contributed by atoms with Crippen molar-refractivity contribution in [2.75, 3.05) is 0 Å². The molecule has 0 saturated carbocycles. The maximum absolute atomic E-state index is 12.1. The highest BCUT2D eigenvalue weighted by molar-refractivity contribution is 14.1. The van der Waals surface area contributed by atoms with Crippen LogP contribution in [0.5, 0.6) is 5.75 Å². The molecule has 1 N–H and O–H groups in total. The monoisotopic (exact) mass is 425 g/mol. The lowest BCUT2D eigenvalue weighted by atomic mass is 10.2. The number of rotatable bonds is 3. The number of hydrogen-bond donors (Lipinski definition) is 1. The first-order valence-corrected chi connectivity index (χ1v) is 6.19. The van der Waals surface area contributed by atoms with Gasteiger partial charge in [-0.2, -0.15) is 0 Å². The Morgan fingerprint density at radius 1 is 1.59 bits per heavy atom. The summed E-state index contributed by atoms with van der Waals surface area (Å²) in [4.78, 5) is 14.7. The molecule has 4 nitrogen and oxygen atoms in total. The Balaban J connectivity index is 3.35. The van der Waals surface area contributed by atoms with Crippen molar-refractivity contribution in [1.29, 1.82) is 0 Å². The van der Waals surface area contributed by atoms with Crippen LogP contribution in [-0.4, -0.2) is 22.4 Å². The molecule has 1 rings (SSSR count). The number of nitrogens with zero attached hydrogens (tertiary/aromatic N) is 1. The average molecular weight is 426 g/mol. The molecule has 0 bridgehead atoms. The van der Waals surface area contributed by atoms with E-state index < -0.39 is 23.6 Å². The van der Waals surface area contributed by atoms with E-state index in [1.165, 1.54) is 0 Å². The standard InChI is InChI=1S/C8H4BrF3INO3/c9-2-3-6(7(15)16)4(1-5(13)14-3)17-8(10,11)12/h1H,2H2,(H,15,16). The molecule has 1 heterocycles. The Hall–Kier alpha value is -0.580. The molecule has 0 unspecified atom stereocenters. The molecule has 0 radical (unpaired) electrons. The molecule has 1 aromatic heterocycles. The van der Waals surface area contributed by atoms with Gasteiger partial charge in [-0.1, -0.05) is 15.9 Å². The number of alkyl halides is 4. The van der Waals surface area contributed by atoms with Crippen LogP contribution < -0.4 is 4.74 Å². The molecule has 0 amide bonds. The van der Waals surface area contributed by atoms with Gasteiger partial charge in [0.2, 0.25) is 0 Å². The number of ether oxygens (including phenoxy) is 1. The fraction of sp³-hybridized carbons (Fsp3) is 0.250. The molecule has 0 aliphatic heterocycles. The van der Waals surface area contributed by atoms with Crippen LogP contribution in [0.25, 0.3) is 0 Å². The maximum atomic E-state index is 12.1. The van der Waals surface area contributed by atoms with Gasteiger partial charge in [0.1, 0.15) is 15.0 Å². The van der Waals surface area contributed by atoms with Crippen LogP contribution in [-0.2, 0) is 5.33 Å². The van der Waals surface area contributed by atoms with Gasteiger partial charge < -0.3 is 9.84 Å². The second kappa shape index (κ2) is 5.38. The van der Waals surface area contributed by atoms with E-state index >= 15 is 0 Å². The average Bonchev–Trinajstić information content (AvgIpc) is 2.12. The van der Waals surface area contributed by atoms with Crippen LogP contribution in [0.3, 0.4) is 0 Å². The Labute approximate surface area is 115 Å². The third kappa shape index (κ3) is 3.98. The molecule has 9 heteroatoms. The number of carboxylic acids is 1. The second-order valence-electron chi connectivity index (χ2n) is 2.75. The maximum Gasteiger partial charge on any atom is 0.573 e. The Bertz CT molecular complexity index is 452. The quantitative estimate of drug-likeness (QED) is 0.459. The van der Waals surface area contributed by atoms with Gasteiger partial charge in [0, 0.05) is 11.4 Å². The summed E-state index contributed by atoms with van der Waals surface area (Å²) >= 11 is 4.63. The number of carbonyl (C=O) groups is 1. The summed E-state index contributed by atoms with van der Waals surface area (Å²) in [6, 6.07) is 0.920. The molecular formula is C8H4BrF3INO3. The molecule has 17 heavy (non-hydrogen) atoms. The van der Waals surface area contributed by atoms with E-state index in [1.54, 1.807) is 22.6 Å². The lowest BCUT2D eigenvalue weighted by Gasteiger charge is -2.13. The van der Waals surface area contributed by atoms with Crippen LogP contribution in [0.4, 0.5) is 13.2 Å². The fourth-order valence-electron chi connectivity index (χ4n) is 1.07. The second-order valence-corrected chi connectivity index (χ2v) is 4.42. The van der Waals surface area contributed by atoms with Gasteiger partial charge in [-0.05, 0) is 22.6 Å². The topological polar surface area (TPSA) is 59.4 Å². The van der Waals surface area contributed by atoms with Crippen LogP contribution in [0.15, 0.2) is 6.07 Å². The summed E-state index contributed by atoms with van der Waals surface area (Å²) in [5, 5.41) is 8.87. The van der Waals surface area contributed by atoms with Gasteiger partial charge in [-0.25, -0.2) is 9.78 Å². The van der Waals surface area contributed by atoms with E-state index in [4.69, 9.17) is 5.11 Å².